The first-order chi connectivity index (χ1) is 5.70. The number of rotatable bonds is 2. The molecule has 0 fully saturated rings. The molecular formula is C8H8N2O2. The van der Waals surface area contributed by atoms with Crippen LogP contribution < -0.4 is 0 Å². The quantitative estimate of drug-likeness (QED) is 0.494. The highest BCUT2D eigenvalue weighted by Crippen LogP contribution is 2.08. The third kappa shape index (κ3) is 2.16. The van der Waals surface area contributed by atoms with Crippen LogP contribution >= 0.6 is 0 Å². The van der Waals surface area contributed by atoms with Gasteiger partial charge in [0.05, 0.1) is 10.6 Å². The molecule has 0 aliphatic carbocycles. The molecule has 0 radical (unpaired) electrons. The summed E-state index contributed by atoms with van der Waals surface area (Å²) in [4.78, 5) is 13.6. The van der Waals surface area contributed by atoms with Crippen molar-refractivity contribution in [2.75, 3.05) is 0 Å². The van der Waals surface area contributed by atoms with Gasteiger partial charge in [-0.3, -0.25) is 15.1 Å². The van der Waals surface area contributed by atoms with Crippen LogP contribution in [0.4, 0.5) is 0 Å². The van der Waals surface area contributed by atoms with Crippen molar-refractivity contribution in [2.24, 2.45) is 0 Å². The third-order valence-corrected chi connectivity index (χ3v) is 1.37. The van der Waals surface area contributed by atoms with Gasteiger partial charge in [0.1, 0.15) is 0 Å². The molecule has 1 aromatic heterocycles. The van der Waals surface area contributed by atoms with E-state index < -0.39 is 4.92 Å². The first-order valence-corrected chi connectivity index (χ1v) is 3.43. The largest absolute Gasteiger partial charge is 0.259 e. The molecule has 0 aromatic carbocycles. The fraction of sp³-hybridized carbons (Fsp3) is 0.125. The van der Waals surface area contributed by atoms with Crippen LogP contribution in [0.5, 0.6) is 0 Å². The molecule has 0 saturated carbocycles. The van der Waals surface area contributed by atoms with Gasteiger partial charge >= 0.3 is 0 Å². The van der Waals surface area contributed by atoms with Crippen molar-refractivity contribution < 1.29 is 4.92 Å². The van der Waals surface area contributed by atoms with Crippen LogP contribution in [0.3, 0.4) is 0 Å². The van der Waals surface area contributed by atoms with Gasteiger partial charge in [0, 0.05) is 11.8 Å². The number of aromatic nitrogens is 1. The van der Waals surface area contributed by atoms with Crippen LogP contribution in [0.15, 0.2) is 30.6 Å². The monoisotopic (exact) mass is 164 g/mol. The molecule has 0 aliphatic rings. The van der Waals surface area contributed by atoms with Gasteiger partial charge in [-0.15, -0.1) is 0 Å². The molecule has 0 amide bonds. The first kappa shape index (κ1) is 8.39. The number of allylic oxidation sites excluding steroid dienone is 1. The van der Waals surface area contributed by atoms with Crippen molar-refractivity contribution in [3.63, 3.8) is 0 Å². The fourth-order valence-electron chi connectivity index (χ4n) is 0.820. The Morgan fingerprint density at radius 3 is 2.92 bits per heavy atom. The van der Waals surface area contributed by atoms with Crippen LogP contribution in [-0.4, -0.2) is 9.91 Å². The minimum absolute atomic E-state index is 0.482. The van der Waals surface area contributed by atoms with Gasteiger partial charge < -0.3 is 0 Å². The number of nitro groups is 1. The van der Waals surface area contributed by atoms with Crippen molar-refractivity contribution in [2.45, 2.75) is 6.92 Å². The number of pyridine rings is 1. The Bertz CT molecular complexity index is 306. The van der Waals surface area contributed by atoms with Crippen molar-refractivity contribution >= 4 is 5.57 Å². The molecule has 0 spiro atoms. The Kier molecular flexibility index (Phi) is 2.53. The zero-order valence-corrected chi connectivity index (χ0v) is 6.60. The number of nitrogens with zero attached hydrogens (tertiary/aromatic N) is 2. The van der Waals surface area contributed by atoms with Gasteiger partial charge in [0.15, 0.2) is 0 Å². The molecule has 1 aromatic rings. The van der Waals surface area contributed by atoms with Gasteiger partial charge in [-0.2, -0.15) is 0 Å². The second-order valence-electron chi connectivity index (χ2n) is 2.31. The summed E-state index contributed by atoms with van der Waals surface area (Å²) in [7, 11) is 0. The maximum absolute atomic E-state index is 10.1. The van der Waals surface area contributed by atoms with Crippen molar-refractivity contribution in [3.8, 4) is 0 Å². The Morgan fingerprint density at radius 1 is 1.67 bits per heavy atom. The molecule has 0 saturated heterocycles. The molecule has 4 nitrogen and oxygen atoms in total. The Hall–Kier alpha value is -1.71. The van der Waals surface area contributed by atoms with Gasteiger partial charge in [-0.1, -0.05) is 6.07 Å². The van der Waals surface area contributed by atoms with Crippen LogP contribution in [0.25, 0.3) is 5.57 Å². The van der Waals surface area contributed by atoms with Crippen molar-refractivity contribution in [1.29, 1.82) is 0 Å². The predicted molar refractivity (Wildman–Crippen MR) is 44.9 cm³/mol. The molecule has 1 heterocycles. The molecule has 0 bridgehead atoms. The maximum Gasteiger partial charge on any atom is 0.239 e. The van der Waals surface area contributed by atoms with E-state index in [1.807, 2.05) is 0 Å². The molecular weight excluding hydrogens is 156 g/mol. The molecule has 0 aliphatic heterocycles. The summed E-state index contributed by atoms with van der Waals surface area (Å²) in [6.07, 6.45) is 2.55. The van der Waals surface area contributed by atoms with E-state index in [-0.39, 0.29) is 0 Å². The van der Waals surface area contributed by atoms with E-state index >= 15 is 0 Å². The molecule has 0 atom stereocenters. The number of hydrogen-bond donors (Lipinski definition) is 0. The minimum atomic E-state index is -0.482. The highest BCUT2D eigenvalue weighted by Gasteiger charge is 1.99. The van der Waals surface area contributed by atoms with Crippen molar-refractivity contribution in [1.82, 2.24) is 4.98 Å². The molecule has 4 heteroatoms. The van der Waals surface area contributed by atoms with Crippen molar-refractivity contribution in [3.05, 3.63) is 46.4 Å². The highest BCUT2D eigenvalue weighted by atomic mass is 16.6. The molecule has 12 heavy (non-hydrogen) atoms. The molecule has 0 N–H and O–H groups in total. The fourth-order valence-corrected chi connectivity index (χ4v) is 0.820. The summed E-state index contributed by atoms with van der Waals surface area (Å²) in [5, 5.41) is 10.1. The van der Waals surface area contributed by atoms with E-state index in [1.54, 1.807) is 31.3 Å². The van der Waals surface area contributed by atoms with E-state index in [9.17, 15) is 10.1 Å². The van der Waals surface area contributed by atoms with Gasteiger partial charge in [0.2, 0.25) is 6.20 Å². The van der Waals surface area contributed by atoms with Crippen LogP contribution in [0.2, 0.25) is 0 Å². The lowest BCUT2D eigenvalue weighted by Crippen LogP contribution is -1.89. The second kappa shape index (κ2) is 3.61. The summed E-state index contributed by atoms with van der Waals surface area (Å²) < 4.78 is 0. The zero-order valence-electron chi connectivity index (χ0n) is 6.60. The minimum Gasteiger partial charge on any atom is -0.259 e. The topological polar surface area (TPSA) is 56.0 Å². The second-order valence-corrected chi connectivity index (χ2v) is 2.31. The summed E-state index contributed by atoms with van der Waals surface area (Å²) >= 11 is 0. The van der Waals surface area contributed by atoms with Gasteiger partial charge in [0.25, 0.3) is 0 Å². The summed E-state index contributed by atoms with van der Waals surface area (Å²) in [6.45, 7) is 1.66. The van der Waals surface area contributed by atoms with Gasteiger partial charge in [-0.25, -0.2) is 0 Å². The van der Waals surface area contributed by atoms with Gasteiger partial charge in [-0.05, 0) is 19.1 Å². The SMILES string of the molecule is C/C(=C/[N+](=O)[O-])c1ccccn1. The smallest absolute Gasteiger partial charge is 0.239 e. The molecule has 0 unspecified atom stereocenters. The average molecular weight is 164 g/mol. The lowest BCUT2D eigenvalue weighted by Gasteiger charge is -1.94. The highest BCUT2D eigenvalue weighted by molar-refractivity contribution is 5.58. The maximum atomic E-state index is 10.1. The van der Waals surface area contributed by atoms with E-state index in [2.05, 4.69) is 4.98 Å². The average Bonchev–Trinajstić information content (AvgIpc) is 2.05. The number of hydrogen-bond acceptors (Lipinski definition) is 3. The lowest BCUT2D eigenvalue weighted by atomic mass is 10.2. The summed E-state index contributed by atoms with van der Waals surface area (Å²) in [5.74, 6) is 0. The molecule has 62 valence electrons. The van der Waals surface area contributed by atoms with Crippen LogP contribution in [0, 0.1) is 10.1 Å². The molecule has 1 rings (SSSR count). The van der Waals surface area contributed by atoms with Crippen LogP contribution in [-0.2, 0) is 0 Å². The summed E-state index contributed by atoms with van der Waals surface area (Å²) in [6, 6.07) is 5.29. The van der Waals surface area contributed by atoms with E-state index in [0.717, 1.165) is 6.20 Å². The Morgan fingerprint density at radius 2 is 2.42 bits per heavy atom. The zero-order chi connectivity index (χ0) is 8.97. The van der Waals surface area contributed by atoms with E-state index in [4.69, 9.17) is 0 Å². The third-order valence-electron chi connectivity index (χ3n) is 1.37. The lowest BCUT2D eigenvalue weighted by molar-refractivity contribution is -0.401. The van der Waals surface area contributed by atoms with Crippen LogP contribution in [0.1, 0.15) is 12.6 Å². The Labute approximate surface area is 69.7 Å². The van der Waals surface area contributed by atoms with E-state index in [1.165, 1.54) is 0 Å². The normalized spacial score (nSPS) is 11.2. The first-order valence-electron chi connectivity index (χ1n) is 3.43. The Balaban J connectivity index is 2.93. The standard InChI is InChI=1S/C8H8N2O2/c1-7(6-10(11)12)8-4-2-3-5-9-8/h2-6H,1H3/b7-6-. The predicted octanol–water partition coefficient (Wildman–Crippen LogP) is 1.72. The van der Waals surface area contributed by atoms with E-state index in [0.29, 0.717) is 11.3 Å². The summed E-state index contributed by atoms with van der Waals surface area (Å²) in [5.41, 5.74) is 1.19.